The lowest BCUT2D eigenvalue weighted by Gasteiger charge is -2.04. The van der Waals surface area contributed by atoms with E-state index in [0.29, 0.717) is 5.56 Å². The monoisotopic (exact) mass is 241 g/mol. The molecule has 0 aliphatic rings. The van der Waals surface area contributed by atoms with Gasteiger partial charge in [0.1, 0.15) is 0 Å². The van der Waals surface area contributed by atoms with Gasteiger partial charge in [-0.05, 0) is 13.0 Å². The Morgan fingerprint density at radius 3 is 2.33 bits per heavy atom. The van der Waals surface area contributed by atoms with E-state index in [4.69, 9.17) is 5.11 Å². The first-order valence-corrected chi connectivity index (χ1v) is 5.38. The molecule has 0 saturated heterocycles. The maximum absolute atomic E-state index is 12.2. The molecule has 4 heteroatoms. The highest BCUT2D eigenvalue weighted by molar-refractivity contribution is 6.13. The first-order chi connectivity index (χ1) is 8.59. The number of nitrogens with zero attached hydrogens (tertiary/aromatic N) is 1. The number of carboxylic acid groups (broad SMARTS) is 1. The van der Waals surface area contributed by atoms with Gasteiger partial charge in [-0.15, -0.1) is 0 Å². The van der Waals surface area contributed by atoms with Gasteiger partial charge < -0.3 is 5.11 Å². The van der Waals surface area contributed by atoms with E-state index in [2.05, 4.69) is 4.98 Å². The number of benzene rings is 1. The van der Waals surface area contributed by atoms with E-state index in [9.17, 15) is 9.59 Å². The number of carboxylic acids is 1. The normalized spacial score (nSPS) is 10.1. The summed E-state index contributed by atoms with van der Waals surface area (Å²) >= 11 is 0. The summed E-state index contributed by atoms with van der Waals surface area (Å²) in [6.07, 6.45) is 2.64. The second-order valence-corrected chi connectivity index (χ2v) is 3.92. The number of hydrogen-bond donors (Lipinski definition) is 1. The zero-order valence-corrected chi connectivity index (χ0v) is 9.75. The predicted molar refractivity (Wildman–Crippen MR) is 65.8 cm³/mol. The number of aromatic nitrogens is 1. The average Bonchev–Trinajstić information content (AvgIpc) is 2.39. The van der Waals surface area contributed by atoms with Crippen molar-refractivity contribution in [3.8, 4) is 0 Å². The standard InChI is InChI=1S/C14H11NO3/c1-9-2-4-10(5-3-9)13(16)12-8-15-7-6-11(12)14(17)18/h2-8H,1H3,(H,17,18). The third-order valence-corrected chi connectivity index (χ3v) is 2.61. The molecule has 1 aromatic carbocycles. The van der Waals surface area contributed by atoms with E-state index in [1.165, 1.54) is 18.5 Å². The van der Waals surface area contributed by atoms with Crippen molar-refractivity contribution in [1.82, 2.24) is 4.98 Å². The molecule has 0 saturated carbocycles. The molecule has 0 aliphatic carbocycles. The molecule has 0 bridgehead atoms. The average molecular weight is 241 g/mol. The molecule has 1 heterocycles. The first kappa shape index (κ1) is 12.0. The van der Waals surface area contributed by atoms with Crippen LogP contribution in [-0.2, 0) is 0 Å². The van der Waals surface area contributed by atoms with Crippen LogP contribution >= 0.6 is 0 Å². The number of aromatic carboxylic acids is 1. The molecule has 0 unspecified atom stereocenters. The molecule has 0 atom stereocenters. The Kier molecular flexibility index (Phi) is 3.19. The minimum atomic E-state index is -1.13. The summed E-state index contributed by atoms with van der Waals surface area (Å²) in [6, 6.07) is 8.30. The van der Waals surface area contributed by atoms with Gasteiger partial charge in [0.15, 0.2) is 5.78 Å². The highest BCUT2D eigenvalue weighted by Crippen LogP contribution is 2.14. The summed E-state index contributed by atoms with van der Waals surface area (Å²) < 4.78 is 0. The van der Waals surface area contributed by atoms with Crippen LogP contribution in [0.4, 0.5) is 0 Å². The maximum atomic E-state index is 12.2. The van der Waals surface area contributed by atoms with Gasteiger partial charge in [0, 0.05) is 18.0 Å². The minimum absolute atomic E-state index is 0.0319. The summed E-state index contributed by atoms with van der Waals surface area (Å²) in [5, 5.41) is 9.03. The van der Waals surface area contributed by atoms with Gasteiger partial charge in [-0.2, -0.15) is 0 Å². The molecular formula is C14H11NO3. The minimum Gasteiger partial charge on any atom is -0.478 e. The molecule has 90 valence electrons. The van der Waals surface area contributed by atoms with Crippen LogP contribution in [0.5, 0.6) is 0 Å². The van der Waals surface area contributed by atoms with Gasteiger partial charge >= 0.3 is 5.97 Å². The summed E-state index contributed by atoms with van der Waals surface area (Å²) in [6.45, 7) is 1.92. The van der Waals surface area contributed by atoms with Crippen LogP contribution in [0.2, 0.25) is 0 Å². The summed E-state index contributed by atoms with van der Waals surface area (Å²) in [7, 11) is 0. The number of hydrogen-bond acceptors (Lipinski definition) is 3. The summed E-state index contributed by atoms with van der Waals surface area (Å²) in [4.78, 5) is 27.0. The van der Waals surface area contributed by atoms with E-state index in [1.807, 2.05) is 19.1 Å². The Bertz CT molecular complexity index is 603. The van der Waals surface area contributed by atoms with Gasteiger partial charge in [-0.3, -0.25) is 9.78 Å². The SMILES string of the molecule is Cc1ccc(C(=O)c2cnccc2C(=O)O)cc1. The third-order valence-electron chi connectivity index (χ3n) is 2.61. The quantitative estimate of drug-likeness (QED) is 0.837. The zero-order chi connectivity index (χ0) is 13.1. The van der Waals surface area contributed by atoms with Crippen molar-refractivity contribution in [2.45, 2.75) is 6.92 Å². The van der Waals surface area contributed by atoms with Gasteiger partial charge in [0.05, 0.1) is 11.1 Å². The van der Waals surface area contributed by atoms with Crippen LogP contribution in [0.25, 0.3) is 0 Å². The molecule has 18 heavy (non-hydrogen) atoms. The molecule has 0 aliphatic heterocycles. The van der Waals surface area contributed by atoms with Gasteiger partial charge in [-0.25, -0.2) is 4.79 Å². The Hall–Kier alpha value is -2.49. The van der Waals surface area contributed by atoms with Crippen LogP contribution in [0.1, 0.15) is 31.8 Å². The summed E-state index contributed by atoms with van der Waals surface area (Å²) in [5.41, 5.74) is 1.57. The van der Waals surface area contributed by atoms with Crippen molar-refractivity contribution in [2.75, 3.05) is 0 Å². The van der Waals surface area contributed by atoms with Crippen LogP contribution in [0, 0.1) is 6.92 Å². The third kappa shape index (κ3) is 2.27. The molecule has 2 rings (SSSR count). The number of carbonyl (C=O) groups is 2. The number of rotatable bonds is 3. The first-order valence-electron chi connectivity index (χ1n) is 5.38. The van der Waals surface area contributed by atoms with Crippen molar-refractivity contribution in [1.29, 1.82) is 0 Å². The molecule has 0 fully saturated rings. The van der Waals surface area contributed by atoms with Gasteiger partial charge in [-0.1, -0.05) is 29.8 Å². The van der Waals surface area contributed by atoms with Crippen molar-refractivity contribution in [2.24, 2.45) is 0 Å². The highest BCUT2D eigenvalue weighted by atomic mass is 16.4. The van der Waals surface area contributed by atoms with Crippen molar-refractivity contribution in [3.63, 3.8) is 0 Å². The number of pyridine rings is 1. The summed E-state index contributed by atoms with van der Waals surface area (Å²) in [5.74, 6) is -1.46. The number of ketones is 1. The topological polar surface area (TPSA) is 67.3 Å². The fraction of sp³-hybridized carbons (Fsp3) is 0.0714. The molecule has 2 aromatic rings. The van der Waals surface area contributed by atoms with Crippen LogP contribution in [-0.4, -0.2) is 21.8 Å². The van der Waals surface area contributed by atoms with Crippen molar-refractivity contribution < 1.29 is 14.7 Å². The number of aryl methyl sites for hydroxylation is 1. The Morgan fingerprint density at radius 2 is 1.72 bits per heavy atom. The van der Waals surface area contributed by atoms with Crippen molar-refractivity contribution >= 4 is 11.8 Å². The Morgan fingerprint density at radius 1 is 1.06 bits per heavy atom. The molecular weight excluding hydrogens is 230 g/mol. The van der Waals surface area contributed by atoms with Gasteiger partial charge in [0.25, 0.3) is 0 Å². The molecule has 1 N–H and O–H groups in total. The lowest BCUT2D eigenvalue weighted by atomic mass is 10.00. The zero-order valence-electron chi connectivity index (χ0n) is 9.75. The van der Waals surface area contributed by atoms with Crippen molar-refractivity contribution in [3.05, 3.63) is 65.0 Å². The predicted octanol–water partition coefficient (Wildman–Crippen LogP) is 2.32. The van der Waals surface area contributed by atoms with Gasteiger partial charge in [0.2, 0.25) is 0 Å². The van der Waals surface area contributed by atoms with Crippen LogP contribution in [0.3, 0.4) is 0 Å². The second-order valence-electron chi connectivity index (χ2n) is 3.92. The van der Waals surface area contributed by atoms with E-state index in [0.717, 1.165) is 5.56 Å². The second kappa shape index (κ2) is 4.79. The van der Waals surface area contributed by atoms with Crippen LogP contribution in [0.15, 0.2) is 42.7 Å². The maximum Gasteiger partial charge on any atom is 0.336 e. The van der Waals surface area contributed by atoms with E-state index in [-0.39, 0.29) is 16.9 Å². The highest BCUT2D eigenvalue weighted by Gasteiger charge is 2.17. The van der Waals surface area contributed by atoms with E-state index >= 15 is 0 Å². The smallest absolute Gasteiger partial charge is 0.336 e. The lowest BCUT2D eigenvalue weighted by Crippen LogP contribution is -2.10. The molecule has 0 spiro atoms. The van der Waals surface area contributed by atoms with E-state index < -0.39 is 5.97 Å². The molecule has 0 radical (unpaired) electrons. The fourth-order valence-electron chi connectivity index (χ4n) is 1.62. The molecule has 4 nitrogen and oxygen atoms in total. The Labute approximate surface area is 104 Å². The lowest BCUT2D eigenvalue weighted by molar-refractivity contribution is 0.0692. The molecule has 0 amide bonds. The number of carbonyl (C=O) groups excluding carboxylic acids is 1. The van der Waals surface area contributed by atoms with E-state index in [1.54, 1.807) is 12.1 Å². The molecule has 1 aromatic heterocycles. The fourth-order valence-corrected chi connectivity index (χ4v) is 1.62. The van der Waals surface area contributed by atoms with Crippen LogP contribution < -0.4 is 0 Å². The Balaban J connectivity index is 2.46. The largest absolute Gasteiger partial charge is 0.478 e.